The molecule has 0 saturated heterocycles. The number of thioether (sulfide) groups is 1. The molecule has 1 N–H and O–H groups in total. The van der Waals surface area contributed by atoms with Crippen molar-refractivity contribution in [1.82, 2.24) is 10.4 Å². The van der Waals surface area contributed by atoms with Crippen molar-refractivity contribution in [1.29, 1.82) is 0 Å². The molecule has 0 unspecified atom stereocenters. The Hall–Kier alpha value is -2.18. The predicted octanol–water partition coefficient (Wildman–Crippen LogP) is 4.86. The van der Waals surface area contributed by atoms with Crippen LogP contribution >= 0.6 is 27.7 Å². The number of hydrazone groups is 1. The molecule has 1 amide bonds. The second kappa shape index (κ2) is 8.47. The highest BCUT2D eigenvalue weighted by Gasteiger charge is 2.08. The number of carbonyl (C=O) groups is 1. The fraction of sp³-hybridized carbons (Fsp3) is 0.150. The second-order valence-electron chi connectivity index (χ2n) is 5.92. The highest BCUT2D eigenvalue weighted by Crippen LogP contribution is 2.28. The molecule has 132 valence electrons. The van der Waals surface area contributed by atoms with Gasteiger partial charge in [-0.25, -0.2) is 5.43 Å². The van der Waals surface area contributed by atoms with Crippen molar-refractivity contribution in [3.05, 3.63) is 69.8 Å². The number of amides is 1. The van der Waals surface area contributed by atoms with Crippen LogP contribution in [-0.2, 0) is 4.79 Å². The zero-order valence-corrected chi connectivity index (χ0v) is 16.9. The molecule has 4 nitrogen and oxygen atoms in total. The van der Waals surface area contributed by atoms with Crippen molar-refractivity contribution < 1.29 is 4.79 Å². The van der Waals surface area contributed by atoms with Crippen LogP contribution in [0.3, 0.4) is 0 Å². The highest BCUT2D eigenvalue weighted by molar-refractivity contribution is 9.10. The van der Waals surface area contributed by atoms with Crippen LogP contribution in [0.5, 0.6) is 0 Å². The van der Waals surface area contributed by atoms with Crippen molar-refractivity contribution in [2.24, 2.45) is 5.10 Å². The normalized spacial score (nSPS) is 11.2. The molecule has 0 aliphatic rings. The van der Waals surface area contributed by atoms with E-state index in [1.165, 1.54) is 17.3 Å². The number of rotatable bonds is 5. The Bertz CT molecular complexity index is 971. The molecule has 2 aromatic carbocycles. The van der Waals surface area contributed by atoms with E-state index in [2.05, 4.69) is 44.4 Å². The molecule has 3 aromatic rings. The Kier molecular flexibility index (Phi) is 6.06. The quantitative estimate of drug-likeness (QED) is 0.359. The van der Waals surface area contributed by atoms with Gasteiger partial charge in [0.05, 0.1) is 17.5 Å². The van der Waals surface area contributed by atoms with E-state index in [9.17, 15) is 4.79 Å². The lowest BCUT2D eigenvalue weighted by Crippen LogP contribution is -2.19. The van der Waals surface area contributed by atoms with E-state index in [-0.39, 0.29) is 5.91 Å². The number of carbonyl (C=O) groups excluding carboxylic acids is 1. The van der Waals surface area contributed by atoms with Crippen molar-refractivity contribution in [3.63, 3.8) is 0 Å². The molecule has 26 heavy (non-hydrogen) atoms. The van der Waals surface area contributed by atoms with Crippen molar-refractivity contribution in [2.75, 3.05) is 5.75 Å². The number of pyridine rings is 1. The molecule has 0 bridgehead atoms. The number of hydrogen-bond acceptors (Lipinski definition) is 4. The smallest absolute Gasteiger partial charge is 0.250 e. The van der Waals surface area contributed by atoms with Gasteiger partial charge in [0.15, 0.2) is 0 Å². The molecular weight excluding hydrogens is 410 g/mol. The number of halogens is 1. The minimum Gasteiger partial charge on any atom is -0.272 e. The summed E-state index contributed by atoms with van der Waals surface area (Å²) in [5.41, 5.74) is 6.56. The Morgan fingerprint density at radius 3 is 2.73 bits per heavy atom. The zero-order valence-electron chi connectivity index (χ0n) is 14.5. The SMILES string of the molecule is Cc1ccc2nc(C)cc(SCC(=O)N/N=C\c3ccc(Br)cc3)c2c1. The summed E-state index contributed by atoms with van der Waals surface area (Å²) in [6.07, 6.45) is 1.63. The van der Waals surface area contributed by atoms with Gasteiger partial charge in [0.1, 0.15) is 0 Å². The third kappa shape index (κ3) is 4.93. The number of fused-ring (bicyclic) bond motifs is 1. The molecule has 3 rings (SSSR count). The van der Waals surface area contributed by atoms with Crippen molar-refractivity contribution in [3.8, 4) is 0 Å². The topological polar surface area (TPSA) is 54.4 Å². The Morgan fingerprint density at radius 1 is 1.19 bits per heavy atom. The summed E-state index contributed by atoms with van der Waals surface area (Å²) in [6, 6.07) is 15.9. The first kappa shape index (κ1) is 18.6. The molecule has 0 radical (unpaired) electrons. The van der Waals surface area contributed by atoms with Crippen LogP contribution in [0.25, 0.3) is 10.9 Å². The van der Waals surface area contributed by atoms with E-state index in [0.717, 1.165) is 31.5 Å². The average Bonchev–Trinajstić information content (AvgIpc) is 2.62. The lowest BCUT2D eigenvalue weighted by Gasteiger charge is -2.08. The molecule has 0 saturated carbocycles. The highest BCUT2D eigenvalue weighted by atomic mass is 79.9. The number of hydrogen-bond donors (Lipinski definition) is 1. The summed E-state index contributed by atoms with van der Waals surface area (Å²) < 4.78 is 1.00. The van der Waals surface area contributed by atoms with Crippen LogP contribution in [0.2, 0.25) is 0 Å². The largest absolute Gasteiger partial charge is 0.272 e. The third-order valence-corrected chi connectivity index (χ3v) is 5.27. The lowest BCUT2D eigenvalue weighted by molar-refractivity contribution is -0.118. The number of nitrogens with zero attached hydrogens (tertiary/aromatic N) is 2. The maximum atomic E-state index is 12.1. The van der Waals surface area contributed by atoms with Gasteiger partial charge in [0.2, 0.25) is 5.91 Å². The monoisotopic (exact) mass is 427 g/mol. The number of nitrogens with one attached hydrogen (secondary N) is 1. The van der Waals surface area contributed by atoms with E-state index in [0.29, 0.717) is 5.75 Å². The van der Waals surface area contributed by atoms with Gasteiger partial charge in [-0.3, -0.25) is 9.78 Å². The summed E-state index contributed by atoms with van der Waals surface area (Å²) in [4.78, 5) is 17.7. The average molecular weight is 428 g/mol. The van der Waals surface area contributed by atoms with E-state index < -0.39 is 0 Å². The van der Waals surface area contributed by atoms with E-state index in [4.69, 9.17) is 0 Å². The Morgan fingerprint density at radius 2 is 1.96 bits per heavy atom. The van der Waals surface area contributed by atoms with Crippen LogP contribution in [0.4, 0.5) is 0 Å². The standard InChI is InChI=1S/C20H18BrN3OS/c1-13-3-8-18-17(9-13)19(10-14(2)23-18)26-12-20(25)24-22-11-15-4-6-16(21)7-5-15/h3-11H,12H2,1-2H3,(H,24,25)/b22-11-. The number of aryl methyl sites for hydroxylation is 2. The van der Waals surface area contributed by atoms with Gasteiger partial charge in [-0.15, -0.1) is 11.8 Å². The maximum absolute atomic E-state index is 12.1. The van der Waals surface area contributed by atoms with Gasteiger partial charge in [-0.2, -0.15) is 5.10 Å². The fourth-order valence-electron chi connectivity index (χ4n) is 2.46. The van der Waals surface area contributed by atoms with Gasteiger partial charge >= 0.3 is 0 Å². The summed E-state index contributed by atoms with van der Waals surface area (Å²) >= 11 is 4.88. The third-order valence-electron chi connectivity index (χ3n) is 3.69. The molecular formula is C20H18BrN3OS. The maximum Gasteiger partial charge on any atom is 0.250 e. The Balaban J connectivity index is 1.63. The second-order valence-corrected chi connectivity index (χ2v) is 7.85. The first-order valence-electron chi connectivity index (χ1n) is 8.09. The molecule has 1 aromatic heterocycles. The number of benzene rings is 2. The van der Waals surface area contributed by atoms with Crippen molar-refractivity contribution in [2.45, 2.75) is 18.7 Å². The van der Waals surface area contributed by atoms with Crippen LogP contribution < -0.4 is 5.43 Å². The minimum atomic E-state index is -0.140. The van der Waals surface area contributed by atoms with Crippen LogP contribution in [0, 0.1) is 13.8 Å². The molecule has 0 spiro atoms. The van der Waals surface area contributed by atoms with Crippen LogP contribution in [-0.4, -0.2) is 22.9 Å². The molecule has 0 atom stereocenters. The lowest BCUT2D eigenvalue weighted by atomic mass is 10.1. The van der Waals surface area contributed by atoms with Gasteiger partial charge in [0.25, 0.3) is 0 Å². The summed E-state index contributed by atoms with van der Waals surface area (Å²) in [5.74, 6) is 0.156. The molecule has 0 aliphatic carbocycles. The first-order chi connectivity index (χ1) is 12.5. The van der Waals surface area contributed by atoms with Gasteiger partial charge in [-0.1, -0.05) is 39.7 Å². The van der Waals surface area contributed by atoms with Gasteiger partial charge in [0, 0.05) is 20.4 Å². The number of aromatic nitrogens is 1. The summed E-state index contributed by atoms with van der Waals surface area (Å²) in [5, 5.41) is 5.09. The summed E-state index contributed by atoms with van der Waals surface area (Å²) in [7, 11) is 0. The Labute approximate surface area is 165 Å². The van der Waals surface area contributed by atoms with E-state index in [1.807, 2.05) is 49.4 Å². The molecule has 6 heteroatoms. The van der Waals surface area contributed by atoms with Crippen LogP contribution in [0.15, 0.2) is 63.0 Å². The van der Waals surface area contributed by atoms with Gasteiger partial charge < -0.3 is 0 Å². The zero-order chi connectivity index (χ0) is 18.5. The first-order valence-corrected chi connectivity index (χ1v) is 9.87. The van der Waals surface area contributed by atoms with E-state index in [1.54, 1.807) is 6.21 Å². The fourth-order valence-corrected chi connectivity index (χ4v) is 3.65. The molecule has 1 heterocycles. The van der Waals surface area contributed by atoms with E-state index >= 15 is 0 Å². The van der Waals surface area contributed by atoms with Crippen molar-refractivity contribution >= 4 is 50.7 Å². The molecule has 0 aliphatic heterocycles. The van der Waals surface area contributed by atoms with Crippen LogP contribution in [0.1, 0.15) is 16.8 Å². The minimum absolute atomic E-state index is 0.140. The summed E-state index contributed by atoms with van der Waals surface area (Å²) in [6.45, 7) is 4.02. The molecule has 0 fully saturated rings. The van der Waals surface area contributed by atoms with Gasteiger partial charge in [-0.05, 0) is 49.7 Å². The predicted molar refractivity (Wildman–Crippen MR) is 112 cm³/mol.